The van der Waals surface area contributed by atoms with E-state index in [1.807, 2.05) is 32.5 Å². The number of carbonyl (C=O) groups excluding carboxylic acids is 1. The van der Waals surface area contributed by atoms with E-state index in [1.165, 1.54) is 11.3 Å². The molecule has 0 spiro atoms. The fraction of sp³-hybridized carbons (Fsp3) is 0.692. The molecule has 0 bridgehead atoms. The van der Waals surface area contributed by atoms with Crippen molar-refractivity contribution in [1.82, 2.24) is 20.4 Å². The second-order valence-corrected chi connectivity index (χ2v) is 5.78. The van der Waals surface area contributed by atoms with Crippen LogP contribution in [0.3, 0.4) is 0 Å². The molecule has 1 aromatic rings. The Kier molecular flexibility index (Phi) is 3.80. The van der Waals surface area contributed by atoms with Crippen molar-refractivity contribution >= 4 is 6.09 Å². The van der Waals surface area contributed by atoms with E-state index >= 15 is 0 Å². The van der Waals surface area contributed by atoms with Crippen LogP contribution >= 0.6 is 0 Å². The quantitative estimate of drug-likeness (QED) is 0.841. The Morgan fingerprint density at radius 1 is 1.53 bits per heavy atom. The first-order chi connectivity index (χ1) is 8.87. The third-order valence-electron chi connectivity index (χ3n) is 3.00. The largest absolute Gasteiger partial charge is 0.444 e. The molecule has 1 aliphatic heterocycles. The molecule has 2 rings (SSSR count). The van der Waals surface area contributed by atoms with Crippen molar-refractivity contribution in [3.8, 4) is 0 Å². The molecule has 19 heavy (non-hydrogen) atoms. The predicted octanol–water partition coefficient (Wildman–Crippen LogP) is 1.09. The fourth-order valence-electron chi connectivity index (χ4n) is 2.21. The van der Waals surface area contributed by atoms with Crippen LogP contribution in [0.5, 0.6) is 0 Å². The van der Waals surface area contributed by atoms with Gasteiger partial charge in [0, 0.05) is 37.8 Å². The van der Waals surface area contributed by atoms with Gasteiger partial charge in [-0.2, -0.15) is 5.10 Å². The van der Waals surface area contributed by atoms with Crippen molar-refractivity contribution in [2.45, 2.75) is 45.9 Å². The summed E-state index contributed by atoms with van der Waals surface area (Å²) in [6, 6.07) is 0. The average molecular weight is 266 g/mol. The van der Waals surface area contributed by atoms with Crippen LogP contribution < -0.4 is 10.6 Å². The first kappa shape index (κ1) is 13.9. The topological polar surface area (TPSA) is 68.2 Å². The highest BCUT2D eigenvalue weighted by Gasteiger charge is 2.20. The van der Waals surface area contributed by atoms with Crippen LogP contribution in [0.2, 0.25) is 0 Å². The van der Waals surface area contributed by atoms with E-state index in [4.69, 9.17) is 4.74 Å². The summed E-state index contributed by atoms with van der Waals surface area (Å²) in [7, 11) is 1.95. The third-order valence-corrected chi connectivity index (χ3v) is 3.00. The first-order valence-electron chi connectivity index (χ1n) is 6.58. The first-order valence-corrected chi connectivity index (χ1v) is 6.58. The number of nitrogens with zero attached hydrogens (tertiary/aromatic N) is 2. The van der Waals surface area contributed by atoms with Crippen LogP contribution in [-0.4, -0.2) is 28.0 Å². The van der Waals surface area contributed by atoms with Crippen molar-refractivity contribution in [1.29, 1.82) is 0 Å². The number of aromatic nitrogens is 2. The summed E-state index contributed by atoms with van der Waals surface area (Å²) in [5, 5.41) is 10.5. The minimum Gasteiger partial charge on any atom is -0.444 e. The maximum Gasteiger partial charge on any atom is 0.407 e. The van der Waals surface area contributed by atoms with Gasteiger partial charge in [0.05, 0.1) is 12.2 Å². The molecule has 0 aromatic carbocycles. The summed E-state index contributed by atoms with van der Waals surface area (Å²) in [6.45, 7) is 7.73. The smallest absolute Gasteiger partial charge is 0.407 e. The lowest BCUT2D eigenvalue weighted by Crippen LogP contribution is -2.32. The molecule has 1 aliphatic rings. The molecule has 0 fully saturated rings. The minimum atomic E-state index is -0.477. The van der Waals surface area contributed by atoms with Crippen LogP contribution in [0.25, 0.3) is 0 Å². The second kappa shape index (κ2) is 5.21. The second-order valence-electron chi connectivity index (χ2n) is 5.78. The number of fused-ring (bicyclic) bond motifs is 1. The van der Waals surface area contributed by atoms with Crippen LogP contribution in [0.15, 0.2) is 0 Å². The van der Waals surface area contributed by atoms with Crippen molar-refractivity contribution < 1.29 is 9.53 Å². The van der Waals surface area contributed by atoms with Gasteiger partial charge >= 0.3 is 6.09 Å². The van der Waals surface area contributed by atoms with Gasteiger partial charge in [-0.05, 0) is 20.8 Å². The number of hydrogen-bond acceptors (Lipinski definition) is 4. The van der Waals surface area contributed by atoms with Crippen molar-refractivity contribution in [2.24, 2.45) is 7.05 Å². The molecule has 0 aliphatic carbocycles. The Balaban J connectivity index is 1.99. The molecule has 2 heterocycles. The van der Waals surface area contributed by atoms with Crippen LogP contribution in [0, 0.1) is 0 Å². The zero-order valence-electron chi connectivity index (χ0n) is 12.0. The lowest BCUT2D eigenvalue weighted by Gasteiger charge is -2.19. The molecule has 6 nitrogen and oxygen atoms in total. The predicted molar refractivity (Wildman–Crippen MR) is 71.7 cm³/mol. The summed E-state index contributed by atoms with van der Waals surface area (Å²) in [6.07, 6.45) is 0.571. The van der Waals surface area contributed by atoms with Crippen LogP contribution in [0.1, 0.15) is 37.7 Å². The number of nitrogens with one attached hydrogen (secondary N) is 2. The highest BCUT2D eigenvalue weighted by atomic mass is 16.6. The van der Waals surface area contributed by atoms with Crippen molar-refractivity contribution in [3.05, 3.63) is 17.0 Å². The molecule has 2 N–H and O–H groups in total. The molecule has 0 radical (unpaired) electrons. The molecule has 106 valence electrons. The van der Waals surface area contributed by atoms with Gasteiger partial charge in [-0.1, -0.05) is 0 Å². The standard InChI is InChI=1S/C13H22N4O2/c1-13(2,3)19-12(18)15-8-10-9-7-14-6-5-11(9)17(4)16-10/h14H,5-8H2,1-4H3,(H,15,18). The van der Waals surface area contributed by atoms with Crippen molar-refractivity contribution in [3.63, 3.8) is 0 Å². The van der Waals surface area contributed by atoms with Crippen LogP contribution in [0.4, 0.5) is 4.79 Å². The summed E-state index contributed by atoms with van der Waals surface area (Å²) in [5.41, 5.74) is 2.88. The highest BCUT2D eigenvalue weighted by molar-refractivity contribution is 5.67. The lowest BCUT2D eigenvalue weighted by atomic mass is 10.1. The van der Waals surface area contributed by atoms with E-state index in [0.29, 0.717) is 6.54 Å². The van der Waals surface area contributed by atoms with Gasteiger partial charge in [-0.15, -0.1) is 0 Å². The Bertz CT molecular complexity index is 474. The van der Waals surface area contributed by atoms with Gasteiger partial charge in [0.2, 0.25) is 0 Å². The summed E-state index contributed by atoms with van der Waals surface area (Å²) < 4.78 is 7.12. The molecule has 0 saturated heterocycles. The number of carbonyl (C=O) groups is 1. The molecule has 6 heteroatoms. The van der Waals surface area contributed by atoms with Gasteiger partial charge in [0.25, 0.3) is 0 Å². The highest BCUT2D eigenvalue weighted by Crippen LogP contribution is 2.17. The van der Waals surface area contributed by atoms with Gasteiger partial charge in [0.15, 0.2) is 0 Å². The minimum absolute atomic E-state index is 0.403. The molecule has 1 aromatic heterocycles. The number of hydrogen-bond donors (Lipinski definition) is 2. The van der Waals surface area contributed by atoms with Gasteiger partial charge in [-0.25, -0.2) is 4.79 Å². The molecule has 0 atom stereocenters. The Hall–Kier alpha value is -1.56. The Morgan fingerprint density at radius 2 is 2.26 bits per heavy atom. The summed E-state index contributed by atoms with van der Waals surface area (Å²) in [5.74, 6) is 0. The third kappa shape index (κ3) is 3.47. The Labute approximate surface area is 113 Å². The average Bonchev–Trinajstić information content (AvgIpc) is 2.62. The summed E-state index contributed by atoms with van der Waals surface area (Å²) >= 11 is 0. The van der Waals surface area contributed by atoms with Gasteiger partial charge in [-0.3, -0.25) is 4.68 Å². The number of amides is 1. The maximum atomic E-state index is 11.6. The number of aryl methyl sites for hydroxylation is 1. The van der Waals surface area contributed by atoms with Crippen molar-refractivity contribution in [2.75, 3.05) is 6.54 Å². The Morgan fingerprint density at radius 3 is 2.95 bits per heavy atom. The maximum absolute atomic E-state index is 11.6. The normalized spacial score (nSPS) is 14.9. The van der Waals surface area contributed by atoms with E-state index in [9.17, 15) is 4.79 Å². The van der Waals surface area contributed by atoms with Crippen LogP contribution in [-0.2, 0) is 31.3 Å². The fourth-order valence-corrected chi connectivity index (χ4v) is 2.21. The van der Waals surface area contributed by atoms with Gasteiger partial charge < -0.3 is 15.4 Å². The molecule has 0 unspecified atom stereocenters. The molecular weight excluding hydrogens is 244 g/mol. The zero-order valence-corrected chi connectivity index (χ0v) is 12.0. The number of ether oxygens (including phenoxy) is 1. The molecule has 0 saturated carbocycles. The van der Waals surface area contributed by atoms with E-state index in [0.717, 1.165) is 25.2 Å². The van der Waals surface area contributed by atoms with E-state index < -0.39 is 11.7 Å². The van der Waals surface area contributed by atoms with E-state index in [2.05, 4.69) is 15.7 Å². The number of rotatable bonds is 2. The molecular formula is C13H22N4O2. The lowest BCUT2D eigenvalue weighted by molar-refractivity contribution is 0.0522. The molecule has 1 amide bonds. The SMILES string of the molecule is Cn1nc(CNC(=O)OC(C)(C)C)c2c1CCNC2. The zero-order chi connectivity index (χ0) is 14.0. The summed E-state index contributed by atoms with van der Waals surface area (Å²) in [4.78, 5) is 11.6. The van der Waals surface area contributed by atoms with E-state index in [-0.39, 0.29) is 0 Å². The van der Waals surface area contributed by atoms with E-state index in [1.54, 1.807) is 0 Å². The number of alkyl carbamates (subject to hydrolysis) is 1. The van der Waals surface area contributed by atoms with Gasteiger partial charge in [0.1, 0.15) is 5.60 Å². The monoisotopic (exact) mass is 266 g/mol.